The Morgan fingerprint density at radius 2 is 1.76 bits per heavy atom. The molecule has 0 saturated carbocycles. The van der Waals surface area contributed by atoms with Gasteiger partial charge in [0.25, 0.3) is 0 Å². The zero-order valence-electron chi connectivity index (χ0n) is 15.1. The summed E-state index contributed by atoms with van der Waals surface area (Å²) in [6.07, 6.45) is 0. The van der Waals surface area contributed by atoms with E-state index >= 15 is 0 Å². The van der Waals surface area contributed by atoms with E-state index in [2.05, 4.69) is 0 Å². The number of carbonyl (C=O) groups is 2. The SMILES string of the molecule is CC(=O)Oc1ccc(C(=O)O)c(-c2c3ccc(=O)cc-3oc3cc(O)ccc23)c1. The second-order valence-corrected chi connectivity index (χ2v) is 6.42. The minimum Gasteiger partial charge on any atom is -0.508 e. The van der Waals surface area contributed by atoms with E-state index in [4.69, 9.17) is 9.15 Å². The first-order valence-corrected chi connectivity index (χ1v) is 8.59. The van der Waals surface area contributed by atoms with E-state index in [-0.39, 0.29) is 39.4 Å². The summed E-state index contributed by atoms with van der Waals surface area (Å²) in [7, 11) is 0. The molecule has 0 bridgehead atoms. The molecule has 1 aliphatic carbocycles. The van der Waals surface area contributed by atoms with Gasteiger partial charge in [-0.25, -0.2) is 4.79 Å². The molecule has 4 rings (SSSR count). The molecule has 7 heteroatoms. The van der Waals surface area contributed by atoms with Gasteiger partial charge in [0.05, 0.1) is 5.56 Å². The molecule has 0 spiro atoms. The van der Waals surface area contributed by atoms with Crippen LogP contribution in [0.2, 0.25) is 0 Å². The second kappa shape index (κ2) is 6.79. The van der Waals surface area contributed by atoms with Gasteiger partial charge in [-0.1, -0.05) is 0 Å². The quantitative estimate of drug-likeness (QED) is 0.310. The predicted octanol–water partition coefficient (Wildman–Crippen LogP) is 3.89. The molecule has 0 aromatic heterocycles. The summed E-state index contributed by atoms with van der Waals surface area (Å²) in [5, 5.41) is 20.1. The molecule has 2 N–H and O–H groups in total. The summed E-state index contributed by atoms with van der Waals surface area (Å²) >= 11 is 0. The molecule has 0 atom stereocenters. The monoisotopic (exact) mass is 390 g/mol. The number of hydrogen-bond acceptors (Lipinski definition) is 6. The van der Waals surface area contributed by atoms with Crippen LogP contribution in [-0.4, -0.2) is 22.2 Å². The van der Waals surface area contributed by atoms with Crippen molar-refractivity contribution >= 4 is 22.9 Å². The summed E-state index contributed by atoms with van der Waals surface area (Å²) in [5.74, 6) is -1.34. The second-order valence-electron chi connectivity index (χ2n) is 6.42. The van der Waals surface area contributed by atoms with Crippen LogP contribution in [0.3, 0.4) is 0 Å². The van der Waals surface area contributed by atoms with E-state index in [0.717, 1.165) is 0 Å². The minimum absolute atomic E-state index is 0.0195. The summed E-state index contributed by atoms with van der Waals surface area (Å²) < 4.78 is 10.9. The van der Waals surface area contributed by atoms with Gasteiger partial charge in [0.1, 0.15) is 22.8 Å². The molecule has 7 nitrogen and oxygen atoms in total. The van der Waals surface area contributed by atoms with Gasteiger partial charge >= 0.3 is 11.9 Å². The van der Waals surface area contributed by atoms with Crippen LogP contribution in [0.4, 0.5) is 0 Å². The maximum atomic E-state index is 11.9. The third-order valence-corrected chi connectivity index (χ3v) is 4.43. The van der Waals surface area contributed by atoms with Gasteiger partial charge in [-0.15, -0.1) is 0 Å². The van der Waals surface area contributed by atoms with Crippen LogP contribution in [-0.2, 0) is 4.79 Å². The van der Waals surface area contributed by atoms with Gasteiger partial charge in [0.2, 0.25) is 0 Å². The molecule has 0 radical (unpaired) electrons. The molecule has 0 unspecified atom stereocenters. The van der Waals surface area contributed by atoms with Crippen LogP contribution < -0.4 is 10.2 Å². The first kappa shape index (κ1) is 18.2. The van der Waals surface area contributed by atoms with Crippen molar-refractivity contribution < 1.29 is 29.0 Å². The predicted molar refractivity (Wildman–Crippen MR) is 104 cm³/mol. The van der Waals surface area contributed by atoms with Crippen molar-refractivity contribution in [2.24, 2.45) is 0 Å². The first-order valence-electron chi connectivity index (χ1n) is 8.59. The third kappa shape index (κ3) is 3.29. The van der Waals surface area contributed by atoms with Crippen LogP contribution in [0.15, 0.2) is 63.8 Å². The molecule has 2 aromatic carbocycles. The Morgan fingerprint density at radius 1 is 0.966 bits per heavy atom. The normalized spacial score (nSPS) is 10.9. The molecule has 0 amide bonds. The Morgan fingerprint density at radius 3 is 2.48 bits per heavy atom. The molecule has 2 aromatic rings. The summed E-state index contributed by atoms with van der Waals surface area (Å²) in [6, 6.07) is 12.8. The molecule has 0 fully saturated rings. The zero-order valence-corrected chi connectivity index (χ0v) is 15.1. The highest BCUT2D eigenvalue weighted by Gasteiger charge is 2.22. The van der Waals surface area contributed by atoms with Crippen LogP contribution in [0.25, 0.3) is 33.4 Å². The average Bonchev–Trinajstić information content (AvgIpc) is 2.65. The topological polar surface area (TPSA) is 114 Å². The number of carboxylic acids is 1. The average molecular weight is 390 g/mol. The minimum atomic E-state index is -1.17. The van der Waals surface area contributed by atoms with Gasteiger partial charge in [-0.3, -0.25) is 9.59 Å². The van der Waals surface area contributed by atoms with Gasteiger partial charge in [0, 0.05) is 41.1 Å². The number of benzene rings is 3. The number of rotatable bonds is 3. The molecular formula is C22H14O7. The van der Waals surface area contributed by atoms with E-state index in [0.29, 0.717) is 16.5 Å². The molecule has 29 heavy (non-hydrogen) atoms. The Hall–Kier alpha value is -4.13. The third-order valence-electron chi connectivity index (χ3n) is 4.43. The highest BCUT2D eigenvalue weighted by Crippen LogP contribution is 2.42. The molecule has 0 saturated heterocycles. The van der Waals surface area contributed by atoms with E-state index < -0.39 is 11.9 Å². The Balaban J connectivity index is 2.15. The number of esters is 1. The number of aromatic hydroxyl groups is 1. The van der Waals surface area contributed by atoms with Crippen molar-refractivity contribution in [3.8, 4) is 33.9 Å². The van der Waals surface area contributed by atoms with Gasteiger partial charge in [-0.2, -0.15) is 0 Å². The van der Waals surface area contributed by atoms with Crippen LogP contribution in [0.5, 0.6) is 11.5 Å². The Bertz CT molecular complexity index is 1320. The summed E-state index contributed by atoms with van der Waals surface area (Å²) in [4.78, 5) is 35.1. The Labute approximate surface area is 163 Å². The fourth-order valence-corrected chi connectivity index (χ4v) is 3.30. The number of ether oxygens (including phenoxy) is 1. The lowest BCUT2D eigenvalue weighted by atomic mass is 9.90. The number of phenols is 1. The van der Waals surface area contributed by atoms with Crippen molar-refractivity contribution in [3.05, 3.63) is 70.4 Å². The van der Waals surface area contributed by atoms with Crippen molar-refractivity contribution in [3.63, 3.8) is 0 Å². The van der Waals surface area contributed by atoms with E-state index in [1.165, 1.54) is 49.4 Å². The van der Waals surface area contributed by atoms with Crippen molar-refractivity contribution in [2.45, 2.75) is 6.92 Å². The highest BCUT2D eigenvalue weighted by molar-refractivity contribution is 6.07. The summed E-state index contributed by atoms with van der Waals surface area (Å²) in [5.41, 5.74) is 1.24. The number of phenolic OH excluding ortho intramolecular Hbond substituents is 1. The fourth-order valence-electron chi connectivity index (χ4n) is 3.30. The standard InChI is InChI=1S/C22H14O7/c1-11(23)28-14-4-7-15(22(26)27)18(10-14)21-16-5-2-12(24)8-19(16)29-20-9-13(25)3-6-17(20)21/h2-10,24H,1H3,(H,26,27). The summed E-state index contributed by atoms with van der Waals surface area (Å²) in [6.45, 7) is 1.25. The van der Waals surface area contributed by atoms with Gasteiger partial charge in [0.15, 0.2) is 5.43 Å². The van der Waals surface area contributed by atoms with E-state index in [1.807, 2.05) is 0 Å². The molecule has 1 aliphatic heterocycles. The molecular weight excluding hydrogens is 376 g/mol. The van der Waals surface area contributed by atoms with Gasteiger partial charge in [-0.05, 0) is 42.5 Å². The first-order chi connectivity index (χ1) is 13.8. The lowest BCUT2D eigenvalue weighted by Crippen LogP contribution is -2.06. The number of carboxylic acid groups (broad SMARTS) is 1. The number of carbonyl (C=O) groups excluding carboxylic acids is 1. The lowest BCUT2D eigenvalue weighted by Gasteiger charge is -2.17. The molecule has 144 valence electrons. The number of fused-ring (bicyclic) bond motifs is 2. The van der Waals surface area contributed by atoms with E-state index in [9.17, 15) is 24.6 Å². The van der Waals surface area contributed by atoms with Gasteiger partial charge < -0.3 is 19.4 Å². The number of aromatic carboxylic acids is 1. The molecule has 1 heterocycles. The lowest BCUT2D eigenvalue weighted by molar-refractivity contribution is -0.131. The fraction of sp³-hybridized carbons (Fsp3) is 0.0455. The Kier molecular flexibility index (Phi) is 4.27. The van der Waals surface area contributed by atoms with Crippen LogP contribution in [0.1, 0.15) is 17.3 Å². The van der Waals surface area contributed by atoms with Crippen LogP contribution in [0, 0.1) is 0 Å². The zero-order chi connectivity index (χ0) is 20.7. The number of hydrogen-bond donors (Lipinski definition) is 2. The smallest absolute Gasteiger partial charge is 0.336 e. The molecule has 2 aliphatic rings. The van der Waals surface area contributed by atoms with Crippen LogP contribution >= 0.6 is 0 Å². The van der Waals surface area contributed by atoms with Crippen molar-refractivity contribution in [2.75, 3.05) is 0 Å². The van der Waals surface area contributed by atoms with Crippen molar-refractivity contribution in [1.82, 2.24) is 0 Å². The van der Waals surface area contributed by atoms with Crippen molar-refractivity contribution in [1.29, 1.82) is 0 Å². The maximum Gasteiger partial charge on any atom is 0.336 e. The highest BCUT2D eigenvalue weighted by atomic mass is 16.5. The largest absolute Gasteiger partial charge is 0.508 e. The van der Waals surface area contributed by atoms with E-state index in [1.54, 1.807) is 12.1 Å². The maximum absolute atomic E-state index is 11.9.